The number of ether oxygens (including phenoxy) is 1. The molecule has 3 aromatic rings. The van der Waals surface area contributed by atoms with Gasteiger partial charge in [-0.3, -0.25) is 24.6 Å². The fourth-order valence-corrected chi connectivity index (χ4v) is 5.36. The minimum absolute atomic E-state index is 0.179. The maximum Gasteiger partial charge on any atom is 0.348 e. The molecule has 1 aliphatic rings. The van der Waals surface area contributed by atoms with Gasteiger partial charge in [-0.25, -0.2) is 9.78 Å². The van der Waals surface area contributed by atoms with Crippen LogP contribution < -0.4 is 10.2 Å². The second-order valence-corrected chi connectivity index (χ2v) is 8.56. The van der Waals surface area contributed by atoms with Gasteiger partial charge in [-0.15, -0.1) is 11.3 Å². The number of thiazole rings is 1. The van der Waals surface area contributed by atoms with E-state index in [1.807, 2.05) is 6.92 Å². The van der Waals surface area contributed by atoms with Crippen molar-refractivity contribution in [2.75, 3.05) is 16.8 Å². The average molecular weight is 444 g/mol. The highest BCUT2D eigenvalue weighted by atomic mass is 32.1. The number of thiophene rings is 1. The van der Waals surface area contributed by atoms with Gasteiger partial charge in [-0.1, -0.05) is 17.4 Å². The Morgan fingerprint density at radius 3 is 2.60 bits per heavy atom. The minimum Gasteiger partial charge on any atom is -0.462 e. The predicted octanol–water partition coefficient (Wildman–Crippen LogP) is 3.75. The van der Waals surface area contributed by atoms with E-state index in [-0.39, 0.29) is 30.6 Å². The van der Waals surface area contributed by atoms with Crippen molar-refractivity contribution >= 4 is 66.7 Å². The number of aryl methyl sites for hydroxylation is 1. The molecule has 2 aromatic heterocycles. The molecule has 0 atom stereocenters. The molecule has 0 spiro atoms. The van der Waals surface area contributed by atoms with E-state index in [2.05, 4.69) is 10.3 Å². The molecule has 154 valence electrons. The molecule has 0 unspecified atom stereocenters. The van der Waals surface area contributed by atoms with Gasteiger partial charge in [0.2, 0.25) is 11.8 Å². The van der Waals surface area contributed by atoms with E-state index in [1.165, 1.54) is 28.7 Å². The number of aromatic nitrogens is 1. The van der Waals surface area contributed by atoms with Crippen LogP contribution in [0.4, 0.5) is 10.8 Å². The number of fused-ring (bicyclic) bond motifs is 1. The van der Waals surface area contributed by atoms with Crippen molar-refractivity contribution in [3.05, 3.63) is 40.3 Å². The molecule has 1 aromatic carbocycles. The van der Waals surface area contributed by atoms with Crippen molar-refractivity contribution in [3.63, 3.8) is 0 Å². The number of hydrogen-bond donors (Lipinski definition) is 1. The van der Waals surface area contributed by atoms with E-state index in [0.717, 1.165) is 15.2 Å². The van der Waals surface area contributed by atoms with Crippen LogP contribution in [-0.4, -0.2) is 35.3 Å². The summed E-state index contributed by atoms with van der Waals surface area (Å²) in [5, 5.41) is 3.15. The molecule has 1 saturated heterocycles. The Labute approximate surface area is 179 Å². The first kappa shape index (κ1) is 20.2. The molecular weight excluding hydrogens is 426 g/mol. The Kier molecular flexibility index (Phi) is 5.35. The smallest absolute Gasteiger partial charge is 0.348 e. The number of esters is 1. The van der Waals surface area contributed by atoms with Crippen molar-refractivity contribution in [2.24, 2.45) is 0 Å². The first-order valence-corrected chi connectivity index (χ1v) is 10.9. The van der Waals surface area contributed by atoms with Gasteiger partial charge in [0.1, 0.15) is 9.71 Å². The van der Waals surface area contributed by atoms with E-state index < -0.39 is 5.91 Å². The number of nitrogens with one attached hydrogen (secondary N) is 1. The molecule has 0 saturated carbocycles. The second kappa shape index (κ2) is 7.96. The molecule has 0 radical (unpaired) electrons. The molecule has 0 aliphatic carbocycles. The quantitative estimate of drug-likeness (QED) is 0.476. The van der Waals surface area contributed by atoms with Gasteiger partial charge in [-0.2, -0.15) is 0 Å². The summed E-state index contributed by atoms with van der Waals surface area (Å²) in [6.07, 6.45) is 0.358. The summed E-state index contributed by atoms with van der Waals surface area (Å²) in [5.74, 6) is -1.32. The number of imide groups is 1. The first-order valence-electron chi connectivity index (χ1n) is 9.23. The van der Waals surface area contributed by atoms with Gasteiger partial charge in [0.15, 0.2) is 5.13 Å². The Bertz CT molecular complexity index is 1180. The molecule has 4 rings (SSSR count). The number of amides is 3. The fourth-order valence-electron chi connectivity index (χ4n) is 3.15. The third-order valence-corrected chi connectivity index (χ3v) is 6.96. The van der Waals surface area contributed by atoms with E-state index in [1.54, 1.807) is 25.1 Å². The first-order chi connectivity index (χ1) is 14.4. The topological polar surface area (TPSA) is 106 Å². The third kappa shape index (κ3) is 3.59. The van der Waals surface area contributed by atoms with Crippen molar-refractivity contribution in [1.29, 1.82) is 0 Å². The number of nitrogens with zero attached hydrogens (tertiary/aromatic N) is 2. The molecular formula is C20H17N3O5S2. The van der Waals surface area contributed by atoms with Crippen molar-refractivity contribution < 1.29 is 23.9 Å². The van der Waals surface area contributed by atoms with E-state index in [0.29, 0.717) is 32.7 Å². The summed E-state index contributed by atoms with van der Waals surface area (Å²) in [4.78, 5) is 55.2. The highest BCUT2D eigenvalue weighted by Gasteiger charge is 2.30. The van der Waals surface area contributed by atoms with E-state index in [9.17, 15) is 19.2 Å². The van der Waals surface area contributed by atoms with Crippen LogP contribution in [0.15, 0.2) is 24.3 Å². The van der Waals surface area contributed by atoms with Crippen molar-refractivity contribution in [2.45, 2.75) is 26.7 Å². The normalized spacial score (nSPS) is 13.9. The molecule has 0 bridgehead atoms. The van der Waals surface area contributed by atoms with Crippen LogP contribution in [-0.2, 0) is 14.3 Å². The van der Waals surface area contributed by atoms with Crippen molar-refractivity contribution in [1.82, 2.24) is 4.98 Å². The van der Waals surface area contributed by atoms with Crippen LogP contribution in [0.25, 0.3) is 9.53 Å². The molecule has 1 N–H and O–H groups in total. The van der Waals surface area contributed by atoms with Gasteiger partial charge in [0, 0.05) is 18.4 Å². The summed E-state index contributed by atoms with van der Waals surface area (Å²) >= 11 is 2.50. The number of benzene rings is 1. The lowest BCUT2D eigenvalue weighted by Gasteiger charge is -2.14. The van der Waals surface area contributed by atoms with Crippen LogP contribution in [0, 0.1) is 6.92 Å². The minimum atomic E-state index is -0.402. The van der Waals surface area contributed by atoms with Gasteiger partial charge in [0.25, 0.3) is 5.91 Å². The SMILES string of the molecule is CCOC(=O)c1sc2nc(NC(=O)c3cccc(N4C(=O)CCC4=O)c3)sc2c1C. The summed E-state index contributed by atoms with van der Waals surface area (Å²) in [5.41, 5.74) is 1.46. The number of carbonyl (C=O) groups is 4. The van der Waals surface area contributed by atoms with Crippen LogP contribution in [0.5, 0.6) is 0 Å². The van der Waals surface area contributed by atoms with Crippen molar-refractivity contribution in [3.8, 4) is 0 Å². The lowest BCUT2D eigenvalue weighted by Crippen LogP contribution is -2.28. The molecule has 10 heteroatoms. The largest absolute Gasteiger partial charge is 0.462 e. The zero-order chi connectivity index (χ0) is 21.4. The number of anilines is 2. The zero-order valence-corrected chi connectivity index (χ0v) is 17.8. The summed E-state index contributed by atoms with van der Waals surface area (Å²) < 4.78 is 5.88. The Balaban J connectivity index is 1.55. The molecule has 3 amide bonds. The van der Waals surface area contributed by atoms with E-state index in [4.69, 9.17) is 4.74 Å². The lowest BCUT2D eigenvalue weighted by molar-refractivity contribution is -0.121. The maximum atomic E-state index is 12.7. The van der Waals surface area contributed by atoms with Crippen LogP contribution in [0.3, 0.4) is 0 Å². The van der Waals surface area contributed by atoms with Crippen LogP contribution in [0.1, 0.15) is 45.4 Å². The zero-order valence-electron chi connectivity index (χ0n) is 16.2. The Hall–Kier alpha value is -3.11. The summed E-state index contributed by atoms with van der Waals surface area (Å²) in [6, 6.07) is 6.36. The van der Waals surface area contributed by atoms with Gasteiger partial charge >= 0.3 is 5.97 Å². The predicted molar refractivity (Wildman–Crippen MR) is 114 cm³/mol. The molecule has 3 heterocycles. The Morgan fingerprint density at radius 2 is 1.93 bits per heavy atom. The van der Waals surface area contributed by atoms with Gasteiger partial charge < -0.3 is 4.74 Å². The lowest BCUT2D eigenvalue weighted by atomic mass is 10.2. The van der Waals surface area contributed by atoms with Crippen LogP contribution >= 0.6 is 22.7 Å². The molecule has 30 heavy (non-hydrogen) atoms. The highest BCUT2D eigenvalue weighted by molar-refractivity contribution is 7.30. The van der Waals surface area contributed by atoms with Gasteiger partial charge in [-0.05, 0) is 37.6 Å². The summed E-state index contributed by atoms with van der Waals surface area (Å²) in [6.45, 7) is 3.87. The standard InChI is InChI=1S/C20H17N3O5S2/c1-3-28-19(27)16-10(2)15-18(29-16)22-20(30-15)21-17(26)11-5-4-6-12(9-11)23-13(24)7-8-14(23)25/h4-6,9H,3,7-8H2,1-2H3,(H,21,22,26). The monoisotopic (exact) mass is 443 g/mol. The average Bonchev–Trinajstić information content (AvgIpc) is 3.36. The number of rotatable bonds is 5. The van der Waals surface area contributed by atoms with Crippen LogP contribution in [0.2, 0.25) is 0 Å². The maximum absolute atomic E-state index is 12.7. The fraction of sp³-hybridized carbons (Fsp3) is 0.250. The second-order valence-electron chi connectivity index (χ2n) is 6.56. The van der Waals surface area contributed by atoms with Gasteiger partial charge in [0.05, 0.1) is 17.0 Å². The molecule has 8 nitrogen and oxygen atoms in total. The number of carbonyl (C=O) groups excluding carboxylic acids is 4. The molecule has 1 fully saturated rings. The Morgan fingerprint density at radius 1 is 1.20 bits per heavy atom. The highest BCUT2D eigenvalue weighted by Crippen LogP contribution is 2.37. The third-order valence-electron chi connectivity index (χ3n) is 4.58. The van der Waals surface area contributed by atoms with E-state index >= 15 is 0 Å². The number of hydrogen-bond acceptors (Lipinski definition) is 8. The summed E-state index contributed by atoms with van der Waals surface area (Å²) in [7, 11) is 0. The molecule has 1 aliphatic heterocycles.